The lowest BCUT2D eigenvalue weighted by molar-refractivity contribution is -0.116. The van der Waals surface area contributed by atoms with E-state index in [0.717, 1.165) is 6.54 Å². The van der Waals surface area contributed by atoms with Gasteiger partial charge in [0.2, 0.25) is 15.9 Å². The fraction of sp³-hybridized carbons (Fsp3) is 0.562. The highest BCUT2D eigenvalue weighted by Gasteiger charge is 2.25. The maximum Gasteiger partial charge on any atom is 0.240 e. The Balaban J connectivity index is 1.75. The number of rotatable bonds is 4. The molecule has 0 spiro atoms. The molecule has 0 aromatic heterocycles. The maximum atomic E-state index is 12.6. The summed E-state index contributed by atoms with van der Waals surface area (Å²) in [6.45, 7) is 5.18. The van der Waals surface area contributed by atoms with Crippen LogP contribution in [-0.4, -0.2) is 60.3 Å². The van der Waals surface area contributed by atoms with Crippen molar-refractivity contribution in [1.82, 2.24) is 10.0 Å². The van der Waals surface area contributed by atoms with Gasteiger partial charge in [-0.1, -0.05) is 0 Å². The van der Waals surface area contributed by atoms with Crippen LogP contribution in [0, 0.1) is 5.92 Å². The SMILES string of the molecule is CC(=O)N1CCOc2ccc(S(=O)(=O)NCC3CNCCOC3)cc21. The Morgan fingerprint density at radius 3 is 3.04 bits per heavy atom. The highest BCUT2D eigenvalue weighted by molar-refractivity contribution is 7.89. The Labute approximate surface area is 147 Å². The zero-order valence-electron chi connectivity index (χ0n) is 14.2. The van der Waals surface area contributed by atoms with Gasteiger partial charge in [-0.2, -0.15) is 0 Å². The lowest BCUT2D eigenvalue weighted by Crippen LogP contribution is -2.37. The van der Waals surface area contributed by atoms with Crippen molar-refractivity contribution in [3.63, 3.8) is 0 Å². The summed E-state index contributed by atoms with van der Waals surface area (Å²) in [4.78, 5) is 13.4. The fourth-order valence-corrected chi connectivity index (χ4v) is 4.03. The first-order valence-corrected chi connectivity index (χ1v) is 9.79. The number of carbonyl (C=O) groups excluding carboxylic acids is 1. The molecule has 2 aliphatic heterocycles. The molecule has 0 saturated carbocycles. The summed E-state index contributed by atoms with van der Waals surface area (Å²) in [5.41, 5.74) is 0.487. The van der Waals surface area contributed by atoms with Crippen molar-refractivity contribution in [2.75, 3.05) is 50.9 Å². The van der Waals surface area contributed by atoms with Crippen LogP contribution in [0.1, 0.15) is 6.92 Å². The van der Waals surface area contributed by atoms with Crippen molar-refractivity contribution in [2.45, 2.75) is 11.8 Å². The van der Waals surface area contributed by atoms with E-state index in [1.54, 1.807) is 6.07 Å². The van der Waals surface area contributed by atoms with Gasteiger partial charge < -0.3 is 19.7 Å². The Bertz CT molecular complexity index is 729. The van der Waals surface area contributed by atoms with Crippen LogP contribution in [0.25, 0.3) is 0 Å². The monoisotopic (exact) mass is 369 g/mol. The molecule has 1 aromatic carbocycles. The molecule has 2 heterocycles. The fourth-order valence-electron chi connectivity index (χ4n) is 2.89. The van der Waals surface area contributed by atoms with E-state index < -0.39 is 10.0 Å². The van der Waals surface area contributed by atoms with Crippen LogP contribution >= 0.6 is 0 Å². The molecule has 1 saturated heterocycles. The van der Waals surface area contributed by atoms with Gasteiger partial charge in [-0.3, -0.25) is 4.79 Å². The number of fused-ring (bicyclic) bond motifs is 1. The summed E-state index contributed by atoms with van der Waals surface area (Å²) < 4.78 is 38.8. The minimum absolute atomic E-state index is 0.0759. The van der Waals surface area contributed by atoms with E-state index in [-0.39, 0.29) is 16.7 Å². The highest BCUT2D eigenvalue weighted by atomic mass is 32.2. The molecule has 2 N–H and O–H groups in total. The van der Waals surface area contributed by atoms with Gasteiger partial charge in [0.1, 0.15) is 12.4 Å². The zero-order valence-corrected chi connectivity index (χ0v) is 15.0. The van der Waals surface area contributed by atoms with E-state index in [1.165, 1.54) is 24.0 Å². The smallest absolute Gasteiger partial charge is 0.240 e. The predicted octanol–water partition coefficient (Wildman–Crippen LogP) is -0.0538. The predicted molar refractivity (Wildman–Crippen MR) is 92.3 cm³/mol. The Morgan fingerprint density at radius 1 is 1.40 bits per heavy atom. The molecular weight excluding hydrogens is 346 g/mol. The summed E-state index contributed by atoms with van der Waals surface area (Å²) in [6, 6.07) is 4.57. The molecule has 0 bridgehead atoms. The van der Waals surface area contributed by atoms with E-state index >= 15 is 0 Å². The third-order valence-corrected chi connectivity index (χ3v) is 5.68. The van der Waals surface area contributed by atoms with Crippen LogP contribution in [0.4, 0.5) is 5.69 Å². The average molecular weight is 369 g/mol. The second-order valence-electron chi connectivity index (χ2n) is 6.15. The number of hydrogen-bond donors (Lipinski definition) is 2. The number of anilines is 1. The standard InChI is InChI=1S/C16H23N3O5S/c1-12(20)19-5-7-24-16-3-2-14(8-15(16)19)25(21,22)18-10-13-9-17-4-6-23-11-13/h2-3,8,13,17-18H,4-7,9-11H2,1H3. The summed E-state index contributed by atoms with van der Waals surface area (Å²) in [5, 5.41) is 3.21. The lowest BCUT2D eigenvalue weighted by Gasteiger charge is -2.29. The third-order valence-electron chi connectivity index (χ3n) is 4.26. The van der Waals surface area contributed by atoms with Gasteiger partial charge in [-0.05, 0) is 18.2 Å². The molecule has 2 aliphatic rings. The first-order chi connectivity index (χ1) is 12.0. The van der Waals surface area contributed by atoms with E-state index in [9.17, 15) is 13.2 Å². The van der Waals surface area contributed by atoms with E-state index in [4.69, 9.17) is 9.47 Å². The molecule has 8 nitrogen and oxygen atoms in total. The van der Waals surface area contributed by atoms with Gasteiger partial charge in [0.15, 0.2) is 0 Å². The van der Waals surface area contributed by atoms with Crippen LogP contribution in [0.3, 0.4) is 0 Å². The first-order valence-electron chi connectivity index (χ1n) is 8.30. The van der Waals surface area contributed by atoms with Crippen molar-refractivity contribution >= 4 is 21.6 Å². The third kappa shape index (κ3) is 4.30. The van der Waals surface area contributed by atoms with Crippen molar-refractivity contribution in [3.8, 4) is 5.75 Å². The van der Waals surface area contributed by atoms with Crippen LogP contribution in [0.2, 0.25) is 0 Å². The van der Waals surface area contributed by atoms with Crippen LogP contribution in [0.15, 0.2) is 23.1 Å². The molecule has 9 heteroatoms. The molecule has 25 heavy (non-hydrogen) atoms. The van der Waals surface area contributed by atoms with Crippen molar-refractivity contribution in [2.24, 2.45) is 5.92 Å². The molecule has 0 aliphatic carbocycles. The molecular formula is C16H23N3O5S. The van der Waals surface area contributed by atoms with Crippen molar-refractivity contribution in [3.05, 3.63) is 18.2 Å². The Hall–Kier alpha value is -1.68. The largest absolute Gasteiger partial charge is 0.490 e. The van der Waals surface area contributed by atoms with Crippen LogP contribution in [0.5, 0.6) is 5.75 Å². The summed E-state index contributed by atoms with van der Waals surface area (Å²) in [7, 11) is -3.68. The maximum absolute atomic E-state index is 12.6. The van der Waals surface area contributed by atoms with Gasteiger partial charge in [-0.25, -0.2) is 13.1 Å². The second kappa shape index (κ2) is 7.69. The molecule has 1 aromatic rings. The molecule has 0 radical (unpaired) electrons. The molecule has 3 rings (SSSR count). The van der Waals surface area contributed by atoms with Crippen molar-refractivity contribution < 1.29 is 22.7 Å². The number of nitrogens with zero attached hydrogens (tertiary/aromatic N) is 1. The topological polar surface area (TPSA) is 97.0 Å². The zero-order chi connectivity index (χ0) is 17.9. The van der Waals surface area contributed by atoms with Crippen molar-refractivity contribution in [1.29, 1.82) is 0 Å². The van der Waals surface area contributed by atoms with Gasteiger partial charge in [0, 0.05) is 32.5 Å². The molecule has 1 amide bonds. The molecule has 1 atom stereocenters. The van der Waals surface area contributed by atoms with E-state index in [2.05, 4.69) is 10.0 Å². The number of amides is 1. The second-order valence-corrected chi connectivity index (χ2v) is 7.91. The number of carbonyl (C=O) groups is 1. The minimum atomic E-state index is -3.68. The summed E-state index contributed by atoms with van der Waals surface area (Å²) >= 11 is 0. The van der Waals surface area contributed by atoms with E-state index in [0.29, 0.717) is 50.9 Å². The quantitative estimate of drug-likeness (QED) is 0.772. The number of benzene rings is 1. The minimum Gasteiger partial charge on any atom is -0.490 e. The number of hydrogen-bond acceptors (Lipinski definition) is 6. The Morgan fingerprint density at radius 2 is 2.24 bits per heavy atom. The van der Waals surface area contributed by atoms with Crippen LogP contribution in [-0.2, 0) is 19.6 Å². The van der Waals surface area contributed by atoms with Gasteiger partial charge in [0.05, 0.1) is 30.3 Å². The van der Waals surface area contributed by atoms with E-state index in [1.807, 2.05) is 0 Å². The average Bonchev–Trinajstić information content (AvgIpc) is 2.87. The summed E-state index contributed by atoms with van der Waals surface area (Å²) in [6.07, 6.45) is 0. The number of sulfonamides is 1. The highest BCUT2D eigenvalue weighted by Crippen LogP contribution is 2.33. The normalized spacial score (nSPS) is 21.2. The molecule has 1 fully saturated rings. The lowest BCUT2D eigenvalue weighted by atomic mass is 10.2. The molecule has 1 unspecified atom stereocenters. The Kier molecular flexibility index (Phi) is 5.57. The first kappa shape index (κ1) is 18.1. The molecule has 138 valence electrons. The summed E-state index contributed by atoms with van der Waals surface area (Å²) in [5.74, 6) is 0.447. The van der Waals surface area contributed by atoms with Crippen LogP contribution < -0.4 is 19.7 Å². The van der Waals surface area contributed by atoms with Gasteiger partial charge in [-0.15, -0.1) is 0 Å². The number of nitrogens with one attached hydrogen (secondary N) is 2. The number of ether oxygens (including phenoxy) is 2. The van der Waals surface area contributed by atoms with Gasteiger partial charge >= 0.3 is 0 Å². The van der Waals surface area contributed by atoms with Gasteiger partial charge in [0.25, 0.3) is 0 Å².